The van der Waals surface area contributed by atoms with Crippen LogP contribution in [0, 0.1) is 0 Å². The van der Waals surface area contributed by atoms with Crippen molar-refractivity contribution in [3.63, 3.8) is 0 Å². The van der Waals surface area contributed by atoms with Gasteiger partial charge in [0.25, 0.3) is 0 Å². The van der Waals surface area contributed by atoms with Crippen LogP contribution in [0.1, 0.15) is 77.0 Å². The minimum atomic E-state index is -0.207. The molecule has 4 aliphatic rings. The highest BCUT2D eigenvalue weighted by atomic mass is 16.3. The van der Waals surface area contributed by atoms with E-state index in [1.54, 1.807) is 0 Å². The molecule has 0 spiro atoms. The fourth-order valence-electron chi connectivity index (χ4n) is 6.65. The van der Waals surface area contributed by atoms with Gasteiger partial charge in [-0.15, -0.1) is 0 Å². The topological polar surface area (TPSA) is 70.4 Å². The average molecular weight is 424 g/mol. The van der Waals surface area contributed by atoms with E-state index < -0.39 is 0 Å². The van der Waals surface area contributed by atoms with Gasteiger partial charge in [0.2, 0.25) is 0 Å². The molecule has 6 atom stereocenters. The van der Waals surface area contributed by atoms with Crippen LogP contribution in [0.15, 0.2) is 0 Å². The van der Waals surface area contributed by atoms with E-state index in [0.717, 1.165) is 97.1 Å². The Labute approximate surface area is 183 Å². The normalized spacial score (nSPS) is 41.7. The average Bonchev–Trinajstić information content (AvgIpc) is 2.86. The fraction of sp³-hybridized carbons (Fsp3) is 1.00. The van der Waals surface area contributed by atoms with E-state index in [9.17, 15) is 15.3 Å². The Hall–Kier alpha value is -0.240. The lowest BCUT2D eigenvalue weighted by Crippen LogP contribution is -2.52. The predicted molar refractivity (Wildman–Crippen MR) is 120 cm³/mol. The van der Waals surface area contributed by atoms with Crippen LogP contribution in [0.5, 0.6) is 0 Å². The van der Waals surface area contributed by atoms with Gasteiger partial charge in [0, 0.05) is 57.4 Å². The molecule has 4 fully saturated rings. The van der Waals surface area contributed by atoms with Crippen molar-refractivity contribution in [1.82, 2.24) is 14.7 Å². The Kier molecular flexibility index (Phi) is 8.46. The van der Waals surface area contributed by atoms with Gasteiger partial charge in [-0.1, -0.05) is 38.5 Å². The summed E-state index contributed by atoms with van der Waals surface area (Å²) >= 11 is 0. The Balaban J connectivity index is 1.49. The van der Waals surface area contributed by atoms with Crippen LogP contribution < -0.4 is 0 Å². The zero-order valence-corrected chi connectivity index (χ0v) is 18.9. The minimum Gasteiger partial charge on any atom is -0.391 e. The summed E-state index contributed by atoms with van der Waals surface area (Å²) in [4.78, 5) is 7.62. The van der Waals surface area contributed by atoms with Crippen LogP contribution >= 0.6 is 0 Å². The Morgan fingerprint density at radius 3 is 0.833 bits per heavy atom. The second-order valence-corrected chi connectivity index (χ2v) is 10.4. The van der Waals surface area contributed by atoms with E-state index in [4.69, 9.17) is 0 Å². The van der Waals surface area contributed by atoms with E-state index in [1.165, 1.54) is 19.3 Å². The highest BCUT2D eigenvalue weighted by Crippen LogP contribution is 2.28. The largest absolute Gasteiger partial charge is 0.391 e. The molecule has 30 heavy (non-hydrogen) atoms. The molecule has 0 aromatic carbocycles. The maximum Gasteiger partial charge on any atom is 0.0695 e. The molecule has 0 aromatic rings. The summed E-state index contributed by atoms with van der Waals surface area (Å²) in [6, 6.07) is 0.814. The summed E-state index contributed by atoms with van der Waals surface area (Å²) in [5.41, 5.74) is 0. The van der Waals surface area contributed by atoms with E-state index in [2.05, 4.69) is 14.7 Å². The summed E-state index contributed by atoms with van der Waals surface area (Å²) in [7, 11) is 0. The third-order valence-electron chi connectivity index (χ3n) is 8.51. The van der Waals surface area contributed by atoms with Gasteiger partial charge in [-0.2, -0.15) is 0 Å². The van der Waals surface area contributed by atoms with Crippen LogP contribution in [0.3, 0.4) is 0 Å². The summed E-state index contributed by atoms with van der Waals surface area (Å²) in [6.45, 7) is 5.87. The van der Waals surface area contributed by atoms with Gasteiger partial charge in [0.05, 0.1) is 18.3 Å². The van der Waals surface area contributed by atoms with Crippen molar-refractivity contribution in [2.75, 3.05) is 39.3 Å². The molecule has 0 bridgehead atoms. The first kappa shape index (κ1) is 22.9. The third-order valence-corrected chi connectivity index (χ3v) is 8.51. The third kappa shape index (κ3) is 5.57. The van der Waals surface area contributed by atoms with Crippen LogP contribution in [-0.2, 0) is 0 Å². The highest BCUT2D eigenvalue weighted by molar-refractivity contribution is 4.91. The van der Waals surface area contributed by atoms with Crippen LogP contribution in [0.2, 0.25) is 0 Å². The van der Waals surface area contributed by atoms with Crippen molar-refractivity contribution in [3.8, 4) is 0 Å². The summed E-state index contributed by atoms with van der Waals surface area (Å²) in [5, 5.41) is 32.2. The molecule has 0 aromatic heterocycles. The van der Waals surface area contributed by atoms with Gasteiger partial charge in [-0.05, 0) is 38.5 Å². The molecule has 174 valence electrons. The maximum absolute atomic E-state index is 10.7. The molecule has 0 amide bonds. The molecular formula is C24H45N3O3. The quantitative estimate of drug-likeness (QED) is 0.643. The van der Waals surface area contributed by atoms with Gasteiger partial charge >= 0.3 is 0 Å². The van der Waals surface area contributed by atoms with Crippen molar-refractivity contribution in [2.45, 2.75) is 113 Å². The lowest BCUT2D eigenvalue weighted by molar-refractivity contribution is -0.00157. The molecule has 3 aliphatic carbocycles. The SMILES string of the molecule is OC1CCCCC1N1CCN(C2CCCCC2O)CCN(C2CCCCC2O)CC1. The zero-order valence-electron chi connectivity index (χ0n) is 18.9. The number of hydrogen-bond acceptors (Lipinski definition) is 6. The number of hydrogen-bond donors (Lipinski definition) is 3. The molecule has 3 saturated carbocycles. The lowest BCUT2D eigenvalue weighted by atomic mass is 9.90. The summed E-state index contributed by atoms with van der Waals surface area (Å²) < 4.78 is 0. The molecule has 6 unspecified atom stereocenters. The number of aliphatic hydroxyl groups excluding tert-OH is 3. The molecule has 0 radical (unpaired) electrons. The first-order valence-electron chi connectivity index (χ1n) is 12.9. The van der Waals surface area contributed by atoms with Crippen molar-refractivity contribution < 1.29 is 15.3 Å². The molecule has 4 rings (SSSR count). The number of aliphatic hydroxyl groups is 3. The Morgan fingerprint density at radius 1 is 0.367 bits per heavy atom. The Morgan fingerprint density at radius 2 is 0.600 bits per heavy atom. The minimum absolute atomic E-state index is 0.207. The molecule has 3 N–H and O–H groups in total. The van der Waals surface area contributed by atoms with Crippen molar-refractivity contribution in [1.29, 1.82) is 0 Å². The molecule has 1 heterocycles. The maximum atomic E-state index is 10.7. The van der Waals surface area contributed by atoms with E-state index >= 15 is 0 Å². The first-order valence-corrected chi connectivity index (χ1v) is 12.9. The van der Waals surface area contributed by atoms with Gasteiger partial charge in [-0.3, -0.25) is 14.7 Å². The second kappa shape index (κ2) is 11.1. The monoisotopic (exact) mass is 423 g/mol. The number of nitrogens with zero attached hydrogens (tertiary/aromatic N) is 3. The van der Waals surface area contributed by atoms with Gasteiger partial charge in [-0.25, -0.2) is 0 Å². The molecule has 1 saturated heterocycles. The fourth-order valence-corrected chi connectivity index (χ4v) is 6.65. The van der Waals surface area contributed by atoms with Crippen LogP contribution in [0.4, 0.5) is 0 Å². The highest BCUT2D eigenvalue weighted by Gasteiger charge is 2.35. The van der Waals surface area contributed by atoms with E-state index in [0.29, 0.717) is 0 Å². The van der Waals surface area contributed by atoms with Crippen LogP contribution in [-0.4, -0.2) is 106 Å². The van der Waals surface area contributed by atoms with Crippen LogP contribution in [0.25, 0.3) is 0 Å². The molecule has 6 nitrogen and oxygen atoms in total. The summed E-state index contributed by atoms with van der Waals surface area (Å²) in [6.07, 6.45) is 12.5. The molecular weight excluding hydrogens is 378 g/mol. The van der Waals surface area contributed by atoms with Crippen molar-refractivity contribution in [2.24, 2.45) is 0 Å². The smallest absolute Gasteiger partial charge is 0.0695 e. The van der Waals surface area contributed by atoms with Gasteiger partial charge in [0.1, 0.15) is 0 Å². The second-order valence-electron chi connectivity index (χ2n) is 10.4. The molecule has 1 aliphatic heterocycles. The number of rotatable bonds is 3. The van der Waals surface area contributed by atoms with E-state index in [1.807, 2.05) is 0 Å². The molecule has 6 heteroatoms. The van der Waals surface area contributed by atoms with Crippen molar-refractivity contribution in [3.05, 3.63) is 0 Å². The standard InChI is InChI=1S/C24H45N3O3/c28-22-10-4-1-7-19(22)25-13-15-26(20-8-2-5-11-23(20)29)17-18-27(16-14-25)21-9-3-6-12-24(21)30/h19-24,28-30H,1-18H2. The van der Waals surface area contributed by atoms with E-state index in [-0.39, 0.29) is 36.4 Å². The van der Waals surface area contributed by atoms with Crippen molar-refractivity contribution >= 4 is 0 Å². The predicted octanol–water partition coefficient (Wildman–Crippen LogP) is 1.82. The Bertz CT molecular complexity index is 439. The lowest BCUT2D eigenvalue weighted by Gasteiger charge is -2.40. The van der Waals surface area contributed by atoms with Gasteiger partial charge < -0.3 is 15.3 Å². The zero-order chi connectivity index (χ0) is 20.9. The summed E-state index contributed by atoms with van der Waals surface area (Å²) in [5.74, 6) is 0. The first-order chi connectivity index (χ1) is 14.6. The van der Waals surface area contributed by atoms with Gasteiger partial charge in [0.15, 0.2) is 0 Å².